The van der Waals surface area contributed by atoms with E-state index in [0.29, 0.717) is 4.47 Å². The lowest BCUT2D eigenvalue weighted by atomic mass is 10.0. The third kappa shape index (κ3) is 1.91. The van der Waals surface area contributed by atoms with Crippen molar-refractivity contribution in [1.29, 1.82) is 0 Å². The van der Waals surface area contributed by atoms with E-state index < -0.39 is 0 Å². The number of rotatable bonds is 1. The Bertz CT molecular complexity index is 975. The minimum absolute atomic E-state index is 0.238. The highest BCUT2D eigenvalue weighted by Crippen LogP contribution is 2.35. The van der Waals surface area contributed by atoms with E-state index in [4.69, 9.17) is 4.52 Å². The van der Waals surface area contributed by atoms with Crippen molar-refractivity contribution in [2.24, 2.45) is 0 Å². The maximum Gasteiger partial charge on any atom is 0.167 e. The Kier molecular flexibility index (Phi) is 2.72. The maximum atomic E-state index is 9.74. The van der Waals surface area contributed by atoms with Crippen LogP contribution in [0.3, 0.4) is 0 Å². The second kappa shape index (κ2) is 4.60. The average Bonchev–Trinajstić information content (AvgIpc) is 2.95. The zero-order valence-electron chi connectivity index (χ0n) is 10.9. The van der Waals surface area contributed by atoms with Gasteiger partial charge in [0.15, 0.2) is 5.58 Å². The lowest BCUT2D eigenvalue weighted by Crippen LogP contribution is -1.81. The van der Waals surface area contributed by atoms with Gasteiger partial charge in [-0.3, -0.25) is 0 Å². The van der Waals surface area contributed by atoms with E-state index in [9.17, 15) is 5.11 Å². The highest BCUT2D eigenvalue weighted by Gasteiger charge is 2.11. The minimum Gasteiger partial charge on any atom is -0.507 e. The molecule has 0 unspecified atom stereocenters. The summed E-state index contributed by atoms with van der Waals surface area (Å²) in [5.74, 6) is 0.238. The third-order valence-electron chi connectivity index (χ3n) is 3.58. The van der Waals surface area contributed by atoms with Gasteiger partial charge in [-0.05, 0) is 51.0 Å². The number of hydrogen-bond acceptors (Lipinski definition) is 3. The van der Waals surface area contributed by atoms with Crippen molar-refractivity contribution in [1.82, 2.24) is 5.16 Å². The van der Waals surface area contributed by atoms with Crippen LogP contribution in [-0.4, -0.2) is 10.3 Å². The number of aromatic hydroxyl groups is 1. The first-order chi connectivity index (χ1) is 10.2. The summed E-state index contributed by atoms with van der Waals surface area (Å²) in [5, 5.41) is 16.9. The molecule has 4 rings (SSSR count). The molecule has 0 spiro atoms. The Hall–Kier alpha value is -2.33. The summed E-state index contributed by atoms with van der Waals surface area (Å²) in [5.41, 5.74) is 2.60. The van der Waals surface area contributed by atoms with Gasteiger partial charge in [-0.1, -0.05) is 35.5 Å². The van der Waals surface area contributed by atoms with E-state index in [0.717, 1.165) is 33.0 Å². The number of nitrogens with zero attached hydrogens (tertiary/aromatic N) is 1. The number of para-hydroxylation sites is 1. The molecule has 0 fully saturated rings. The van der Waals surface area contributed by atoms with Gasteiger partial charge in [-0.2, -0.15) is 0 Å². The molecule has 4 heteroatoms. The summed E-state index contributed by atoms with van der Waals surface area (Å²) in [6.07, 6.45) is 0. The number of halogens is 1. The fourth-order valence-corrected chi connectivity index (χ4v) is 3.01. The van der Waals surface area contributed by atoms with E-state index in [2.05, 4.69) is 21.1 Å². The molecular formula is C17H10BrNO2. The van der Waals surface area contributed by atoms with Gasteiger partial charge in [0, 0.05) is 10.9 Å². The van der Waals surface area contributed by atoms with Crippen LogP contribution in [-0.2, 0) is 0 Å². The van der Waals surface area contributed by atoms with Gasteiger partial charge < -0.3 is 9.63 Å². The highest BCUT2D eigenvalue weighted by atomic mass is 79.9. The molecular weight excluding hydrogens is 330 g/mol. The molecule has 0 bridgehead atoms. The van der Waals surface area contributed by atoms with Crippen LogP contribution in [0, 0.1) is 0 Å². The van der Waals surface area contributed by atoms with Gasteiger partial charge in [0.2, 0.25) is 0 Å². The largest absolute Gasteiger partial charge is 0.507 e. The second-order valence-electron chi connectivity index (χ2n) is 4.86. The topological polar surface area (TPSA) is 46.3 Å². The van der Waals surface area contributed by atoms with Crippen LogP contribution < -0.4 is 0 Å². The molecule has 0 aliphatic rings. The zero-order chi connectivity index (χ0) is 14.4. The van der Waals surface area contributed by atoms with Crippen molar-refractivity contribution in [2.45, 2.75) is 0 Å². The van der Waals surface area contributed by atoms with Gasteiger partial charge in [-0.15, -0.1) is 0 Å². The zero-order valence-corrected chi connectivity index (χ0v) is 12.5. The fraction of sp³-hybridized carbons (Fsp3) is 0. The first kappa shape index (κ1) is 12.4. The smallest absolute Gasteiger partial charge is 0.167 e. The Labute approximate surface area is 128 Å². The van der Waals surface area contributed by atoms with Gasteiger partial charge in [0.05, 0.1) is 4.47 Å². The monoisotopic (exact) mass is 339 g/mol. The molecule has 21 heavy (non-hydrogen) atoms. The van der Waals surface area contributed by atoms with Crippen LogP contribution in [0.25, 0.3) is 33.0 Å². The second-order valence-corrected chi connectivity index (χ2v) is 5.65. The Morgan fingerprint density at radius 1 is 0.952 bits per heavy atom. The molecule has 4 aromatic rings. The number of hydrogen-bond donors (Lipinski definition) is 1. The molecule has 0 amide bonds. The molecule has 102 valence electrons. The number of benzene rings is 3. The number of fused-ring (bicyclic) bond motifs is 2. The van der Waals surface area contributed by atoms with E-state index >= 15 is 0 Å². The van der Waals surface area contributed by atoms with E-state index in [1.54, 1.807) is 6.07 Å². The number of aromatic nitrogens is 1. The summed E-state index contributed by atoms with van der Waals surface area (Å²) >= 11 is 3.41. The normalized spacial score (nSPS) is 11.3. The standard InChI is InChI=1S/C17H10BrNO2/c18-16-12-7-5-11(9-10(12)6-8-14(16)20)17-13-3-1-2-4-15(13)21-19-17/h1-9,20H. The van der Waals surface area contributed by atoms with E-state index in [-0.39, 0.29) is 5.75 Å². The first-order valence-electron chi connectivity index (χ1n) is 6.50. The Morgan fingerprint density at radius 3 is 2.71 bits per heavy atom. The third-order valence-corrected chi connectivity index (χ3v) is 4.42. The summed E-state index contributed by atoms with van der Waals surface area (Å²) < 4.78 is 6.06. The van der Waals surface area contributed by atoms with Crippen LogP contribution in [0.4, 0.5) is 0 Å². The van der Waals surface area contributed by atoms with Gasteiger partial charge >= 0.3 is 0 Å². The quantitative estimate of drug-likeness (QED) is 0.523. The lowest BCUT2D eigenvalue weighted by Gasteiger charge is -2.05. The highest BCUT2D eigenvalue weighted by molar-refractivity contribution is 9.10. The molecule has 3 aromatic carbocycles. The molecule has 0 aliphatic heterocycles. The summed E-state index contributed by atoms with van der Waals surface area (Å²) in [6.45, 7) is 0. The molecule has 0 saturated carbocycles. The van der Waals surface area contributed by atoms with Crippen molar-refractivity contribution in [2.75, 3.05) is 0 Å². The molecule has 1 aromatic heterocycles. The Balaban J connectivity index is 1.97. The van der Waals surface area contributed by atoms with Gasteiger partial charge in [0.25, 0.3) is 0 Å². The molecule has 0 radical (unpaired) electrons. The summed E-state index contributed by atoms with van der Waals surface area (Å²) in [7, 11) is 0. The van der Waals surface area contributed by atoms with Crippen molar-refractivity contribution in [3.05, 3.63) is 59.1 Å². The lowest BCUT2D eigenvalue weighted by molar-refractivity contribution is 0.459. The van der Waals surface area contributed by atoms with Crippen LogP contribution in [0.1, 0.15) is 0 Å². The van der Waals surface area contributed by atoms with Crippen LogP contribution in [0.2, 0.25) is 0 Å². The van der Waals surface area contributed by atoms with E-state index in [1.807, 2.05) is 48.5 Å². The number of phenolic OH excluding ortho intramolecular Hbond substituents is 1. The summed E-state index contributed by atoms with van der Waals surface area (Å²) in [6, 6.07) is 17.4. The maximum absolute atomic E-state index is 9.74. The minimum atomic E-state index is 0.238. The SMILES string of the molecule is Oc1ccc2cc(-c3noc4ccccc34)ccc2c1Br. The molecule has 1 N–H and O–H groups in total. The van der Waals surface area contributed by atoms with Crippen LogP contribution >= 0.6 is 15.9 Å². The Morgan fingerprint density at radius 2 is 1.81 bits per heavy atom. The van der Waals surface area contributed by atoms with Crippen molar-refractivity contribution in [3.8, 4) is 17.0 Å². The molecule has 0 saturated heterocycles. The van der Waals surface area contributed by atoms with Crippen molar-refractivity contribution >= 4 is 37.7 Å². The average molecular weight is 340 g/mol. The van der Waals surface area contributed by atoms with Gasteiger partial charge in [0.1, 0.15) is 11.4 Å². The van der Waals surface area contributed by atoms with Crippen LogP contribution in [0.5, 0.6) is 5.75 Å². The predicted molar refractivity (Wildman–Crippen MR) is 86.3 cm³/mol. The molecule has 3 nitrogen and oxygen atoms in total. The molecule has 1 heterocycles. The fourth-order valence-electron chi connectivity index (χ4n) is 2.52. The molecule has 0 aliphatic carbocycles. The summed E-state index contributed by atoms with van der Waals surface area (Å²) in [4.78, 5) is 0. The number of phenols is 1. The van der Waals surface area contributed by atoms with Gasteiger partial charge in [-0.25, -0.2) is 0 Å². The van der Waals surface area contributed by atoms with E-state index in [1.165, 1.54) is 0 Å². The predicted octanol–water partition coefficient (Wildman–Crippen LogP) is 5.12. The van der Waals surface area contributed by atoms with Crippen molar-refractivity contribution in [3.63, 3.8) is 0 Å². The van der Waals surface area contributed by atoms with Crippen LogP contribution in [0.15, 0.2) is 63.6 Å². The first-order valence-corrected chi connectivity index (χ1v) is 7.29. The molecule has 0 atom stereocenters. The van der Waals surface area contributed by atoms with Crippen molar-refractivity contribution < 1.29 is 9.63 Å².